The van der Waals surface area contributed by atoms with Crippen LogP contribution >= 0.6 is 0 Å². The number of amides is 1. The fourth-order valence-electron chi connectivity index (χ4n) is 2.40. The topological polar surface area (TPSA) is 150 Å². The van der Waals surface area contributed by atoms with Crippen LogP contribution in [-0.4, -0.2) is 43.9 Å². The largest absolute Gasteiger partial charge is 0.452 e. The molecule has 10 nitrogen and oxygen atoms in total. The molecule has 0 saturated carbocycles. The Morgan fingerprint density at radius 3 is 2.38 bits per heavy atom. The lowest BCUT2D eigenvalue weighted by Gasteiger charge is -2.10. The highest BCUT2D eigenvalue weighted by Crippen LogP contribution is 2.25. The normalized spacial score (nSPS) is 10.8. The quantitative estimate of drug-likeness (QED) is 0.309. The molecule has 0 bridgehead atoms. The zero-order valence-electron chi connectivity index (χ0n) is 15.4. The van der Waals surface area contributed by atoms with Crippen LogP contribution in [0.3, 0.4) is 0 Å². The van der Waals surface area contributed by atoms with Gasteiger partial charge >= 0.3 is 5.97 Å². The molecule has 0 heterocycles. The van der Waals surface area contributed by atoms with Gasteiger partial charge < -0.3 is 10.1 Å². The predicted octanol–water partition coefficient (Wildman–Crippen LogP) is 2.00. The number of carbonyl (C=O) groups excluding carboxylic acids is 3. The van der Waals surface area contributed by atoms with Crippen molar-refractivity contribution in [3.8, 4) is 0 Å². The molecular weight excluding hydrogens is 404 g/mol. The summed E-state index contributed by atoms with van der Waals surface area (Å²) < 4.78 is 28.0. The molecule has 0 unspecified atom stereocenters. The first kappa shape index (κ1) is 21.7. The average Bonchev–Trinajstić information content (AvgIpc) is 2.65. The molecule has 0 aliphatic rings. The van der Waals surface area contributed by atoms with Crippen molar-refractivity contribution in [2.75, 3.05) is 18.2 Å². The summed E-state index contributed by atoms with van der Waals surface area (Å²) in [5.74, 6) is -2.05. The van der Waals surface area contributed by atoms with Gasteiger partial charge in [0.15, 0.2) is 22.2 Å². The second-order valence-electron chi connectivity index (χ2n) is 5.94. The number of rotatable bonds is 7. The lowest BCUT2D eigenvalue weighted by atomic mass is 10.1. The number of nitro groups is 1. The Kier molecular flexibility index (Phi) is 6.44. The van der Waals surface area contributed by atoms with Gasteiger partial charge in [-0.05, 0) is 31.2 Å². The number of benzene rings is 2. The summed E-state index contributed by atoms with van der Waals surface area (Å²) in [7, 11) is -3.88. The van der Waals surface area contributed by atoms with Crippen molar-refractivity contribution in [1.82, 2.24) is 0 Å². The van der Waals surface area contributed by atoms with Crippen molar-refractivity contribution in [2.24, 2.45) is 0 Å². The molecule has 2 aromatic rings. The van der Waals surface area contributed by atoms with Crippen molar-refractivity contribution in [3.63, 3.8) is 0 Å². The van der Waals surface area contributed by atoms with E-state index in [1.807, 2.05) is 0 Å². The van der Waals surface area contributed by atoms with Gasteiger partial charge in [-0.3, -0.25) is 19.7 Å². The molecule has 0 aliphatic heterocycles. The molecule has 1 amide bonds. The van der Waals surface area contributed by atoms with Crippen molar-refractivity contribution in [3.05, 3.63) is 63.7 Å². The van der Waals surface area contributed by atoms with E-state index in [2.05, 4.69) is 5.32 Å². The van der Waals surface area contributed by atoms with Crippen LogP contribution in [-0.2, 0) is 19.4 Å². The molecule has 0 aliphatic carbocycles. The van der Waals surface area contributed by atoms with E-state index in [4.69, 9.17) is 4.74 Å². The molecule has 0 radical (unpaired) electrons. The van der Waals surface area contributed by atoms with Crippen LogP contribution in [0.2, 0.25) is 0 Å². The van der Waals surface area contributed by atoms with Crippen LogP contribution in [0.4, 0.5) is 11.4 Å². The maximum absolute atomic E-state index is 12.1. The van der Waals surface area contributed by atoms with Gasteiger partial charge in [0.05, 0.1) is 16.2 Å². The summed E-state index contributed by atoms with van der Waals surface area (Å²) in [5.41, 5.74) is -0.545. The molecule has 152 valence electrons. The first-order chi connectivity index (χ1) is 13.5. The fourth-order valence-corrected chi connectivity index (χ4v) is 3.23. The number of para-hydroxylation sites is 1. The lowest BCUT2D eigenvalue weighted by molar-refractivity contribution is -0.387. The third-order valence-electron chi connectivity index (χ3n) is 3.71. The van der Waals surface area contributed by atoms with Crippen LogP contribution in [0.5, 0.6) is 0 Å². The van der Waals surface area contributed by atoms with E-state index in [1.54, 1.807) is 12.1 Å². The molecule has 1 N–H and O–H groups in total. The molecule has 0 saturated heterocycles. The van der Waals surface area contributed by atoms with E-state index >= 15 is 0 Å². The van der Waals surface area contributed by atoms with Crippen LogP contribution in [0.25, 0.3) is 0 Å². The summed E-state index contributed by atoms with van der Waals surface area (Å²) in [6.45, 7) is 0.616. The van der Waals surface area contributed by atoms with E-state index in [9.17, 15) is 32.9 Å². The Labute approximate surface area is 165 Å². The van der Waals surface area contributed by atoms with Crippen LogP contribution in [0.1, 0.15) is 27.6 Å². The number of hydrogen-bond acceptors (Lipinski definition) is 8. The maximum atomic E-state index is 12.1. The Morgan fingerprint density at radius 1 is 1.14 bits per heavy atom. The standard InChI is InChI=1S/C18H16N2O8S/c1-11(21)13-5-3-4-6-14(13)19-17(22)10-28-18(23)12-7-8-16(29(2,26)27)15(9-12)20(24)25/h3-9H,10H2,1-2H3,(H,19,22). The summed E-state index contributed by atoms with van der Waals surface area (Å²) in [6, 6.07) is 9.00. The monoisotopic (exact) mass is 420 g/mol. The molecule has 0 atom stereocenters. The number of nitrogens with zero attached hydrogens (tertiary/aromatic N) is 1. The Morgan fingerprint density at radius 2 is 1.79 bits per heavy atom. The number of nitro benzene ring substituents is 1. The Balaban J connectivity index is 2.11. The van der Waals surface area contributed by atoms with Gasteiger partial charge in [-0.1, -0.05) is 12.1 Å². The van der Waals surface area contributed by atoms with Gasteiger partial charge in [-0.15, -0.1) is 0 Å². The van der Waals surface area contributed by atoms with Crippen molar-refractivity contribution in [1.29, 1.82) is 0 Å². The summed E-state index contributed by atoms with van der Waals surface area (Å²) in [4.78, 5) is 45.3. The van der Waals surface area contributed by atoms with Crippen LogP contribution < -0.4 is 5.32 Å². The highest BCUT2D eigenvalue weighted by molar-refractivity contribution is 7.90. The van der Waals surface area contributed by atoms with Crippen LogP contribution in [0, 0.1) is 10.1 Å². The van der Waals surface area contributed by atoms with E-state index in [0.717, 1.165) is 24.5 Å². The number of ether oxygens (including phenoxy) is 1. The third-order valence-corrected chi connectivity index (χ3v) is 4.85. The average molecular weight is 420 g/mol. The van der Waals surface area contributed by atoms with E-state index < -0.39 is 43.8 Å². The van der Waals surface area contributed by atoms with Crippen molar-refractivity contribution >= 4 is 38.9 Å². The second-order valence-corrected chi connectivity index (χ2v) is 7.92. The SMILES string of the molecule is CC(=O)c1ccccc1NC(=O)COC(=O)c1ccc(S(C)(=O)=O)c([N+](=O)[O-])c1. The van der Waals surface area contributed by atoms with Gasteiger partial charge in [0.1, 0.15) is 4.90 Å². The number of ketones is 1. The first-order valence-electron chi connectivity index (χ1n) is 8.06. The van der Waals surface area contributed by atoms with Gasteiger partial charge in [0, 0.05) is 17.9 Å². The van der Waals surface area contributed by atoms with E-state index in [-0.39, 0.29) is 22.6 Å². The van der Waals surface area contributed by atoms with Crippen molar-refractivity contribution in [2.45, 2.75) is 11.8 Å². The summed E-state index contributed by atoms with van der Waals surface area (Å²) in [6.07, 6.45) is 0.802. The zero-order chi connectivity index (χ0) is 21.8. The third kappa shape index (κ3) is 5.45. The lowest BCUT2D eigenvalue weighted by Crippen LogP contribution is -2.22. The highest BCUT2D eigenvalue weighted by Gasteiger charge is 2.24. The molecule has 0 spiro atoms. The Hall–Kier alpha value is -3.60. The molecule has 2 aromatic carbocycles. The van der Waals surface area contributed by atoms with Gasteiger partial charge in [0.2, 0.25) is 0 Å². The van der Waals surface area contributed by atoms with Crippen LogP contribution in [0.15, 0.2) is 47.4 Å². The second kappa shape index (κ2) is 8.61. The number of anilines is 1. The zero-order valence-corrected chi connectivity index (χ0v) is 16.2. The van der Waals surface area contributed by atoms with Gasteiger partial charge in [0.25, 0.3) is 11.6 Å². The fraction of sp³-hybridized carbons (Fsp3) is 0.167. The molecule has 11 heteroatoms. The summed E-state index contributed by atoms with van der Waals surface area (Å²) >= 11 is 0. The molecule has 29 heavy (non-hydrogen) atoms. The molecule has 2 rings (SSSR count). The van der Waals surface area contributed by atoms with Gasteiger partial charge in [-0.2, -0.15) is 0 Å². The Bertz CT molecular complexity index is 1110. The minimum Gasteiger partial charge on any atom is -0.452 e. The minimum atomic E-state index is -3.88. The number of carbonyl (C=O) groups is 3. The number of sulfone groups is 1. The first-order valence-corrected chi connectivity index (χ1v) is 9.95. The molecule has 0 fully saturated rings. The highest BCUT2D eigenvalue weighted by atomic mass is 32.2. The molecular formula is C18H16N2O8S. The number of hydrogen-bond donors (Lipinski definition) is 1. The van der Waals surface area contributed by atoms with E-state index in [1.165, 1.54) is 19.1 Å². The number of esters is 1. The smallest absolute Gasteiger partial charge is 0.338 e. The minimum absolute atomic E-state index is 0.245. The van der Waals surface area contributed by atoms with E-state index in [0.29, 0.717) is 0 Å². The predicted molar refractivity (Wildman–Crippen MR) is 102 cm³/mol. The maximum Gasteiger partial charge on any atom is 0.338 e. The summed E-state index contributed by atoms with van der Waals surface area (Å²) in [5, 5.41) is 13.5. The molecule has 0 aromatic heterocycles. The van der Waals surface area contributed by atoms with Gasteiger partial charge in [-0.25, -0.2) is 13.2 Å². The number of Topliss-reactive ketones (excluding diaryl/α,β-unsaturated/α-hetero) is 1. The van der Waals surface area contributed by atoms with Crippen molar-refractivity contribution < 1.29 is 32.5 Å². The number of nitrogens with one attached hydrogen (secondary N) is 1.